The summed E-state index contributed by atoms with van der Waals surface area (Å²) < 4.78 is 8.09. The Morgan fingerprint density at radius 1 is 1.42 bits per heavy atom. The quantitative estimate of drug-likeness (QED) is 0.802. The zero-order valence-corrected chi connectivity index (χ0v) is 12.0. The zero-order valence-electron chi connectivity index (χ0n) is 11.2. The van der Waals surface area contributed by atoms with Gasteiger partial charge in [-0.25, -0.2) is 4.98 Å². The lowest BCUT2D eigenvalue weighted by atomic mass is 10.1. The number of imidazole rings is 1. The van der Waals surface area contributed by atoms with Gasteiger partial charge in [0.15, 0.2) is 0 Å². The van der Waals surface area contributed by atoms with E-state index in [0.29, 0.717) is 12.0 Å². The molecule has 0 N–H and O–H groups in total. The summed E-state index contributed by atoms with van der Waals surface area (Å²) in [7, 11) is 0. The van der Waals surface area contributed by atoms with Gasteiger partial charge in [-0.1, -0.05) is 12.1 Å². The Morgan fingerprint density at radius 2 is 2.32 bits per heavy atom. The fourth-order valence-electron chi connectivity index (χ4n) is 2.87. The van der Waals surface area contributed by atoms with Crippen LogP contribution in [0.4, 0.5) is 0 Å². The summed E-state index contributed by atoms with van der Waals surface area (Å²) in [6.07, 6.45) is 3.87. The number of fused-ring (bicyclic) bond motifs is 1. The van der Waals surface area contributed by atoms with Crippen LogP contribution < -0.4 is 0 Å². The first-order valence-corrected chi connectivity index (χ1v) is 7.45. The Balaban J connectivity index is 2.00. The van der Waals surface area contributed by atoms with E-state index in [2.05, 4.69) is 28.6 Å². The minimum Gasteiger partial charge on any atom is -0.376 e. The van der Waals surface area contributed by atoms with E-state index in [9.17, 15) is 0 Å². The standard InChI is InChI=1S/C15H19ClN2O/c1-11-5-4-7-13-15(11)18(14(9-16)17-13)10-12-6-2-3-8-19-12/h4-5,7,12H,2-3,6,8-10H2,1H3. The van der Waals surface area contributed by atoms with E-state index in [1.165, 1.54) is 23.9 Å². The number of benzene rings is 1. The molecule has 3 rings (SSSR count). The van der Waals surface area contributed by atoms with Gasteiger partial charge in [0.25, 0.3) is 0 Å². The van der Waals surface area contributed by atoms with Crippen molar-refractivity contribution in [3.63, 3.8) is 0 Å². The summed E-state index contributed by atoms with van der Waals surface area (Å²) >= 11 is 6.05. The van der Waals surface area contributed by atoms with Crippen molar-refractivity contribution in [2.75, 3.05) is 6.61 Å². The van der Waals surface area contributed by atoms with Crippen molar-refractivity contribution in [2.45, 2.75) is 44.7 Å². The number of halogens is 1. The Bertz CT molecular complexity index is 573. The van der Waals surface area contributed by atoms with Crippen molar-refractivity contribution in [3.05, 3.63) is 29.6 Å². The number of para-hydroxylation sites is 1. The van der Waals surface area contributed by atoms with Gasteiger partial charge in [0.05, 0.1) is 29.6 Å². The lowest BCUT2D eigenvalue weighted by molar-refractivity contribution is 0.00626. The highest BCUT2D eigenvalue weighted by Gasteiger charge is 2.18. The lowest BCUT2D eigenvalue weighted by Crippen LogP contribution is -2.25. The second kappa shape index (κ2) is 5.51. The molecular formula is C15H19ClN2O. The van der Waals surface area contributed by atoms with Crippen LogP contribution in [-0.4, -0.2) is 22.3 Å². The Kier molecular flexibility index (Phi) is 3.76. The van der Waals surface area contributed by atoms with E-state index in [1.54, 1.807) is 0 Å². The lowest BCUT2D eigenvalue weighted by Gasteiger charge is -2.24. The molecule has 0 aliphatic carbocycles. The molecule has 4 heteroatoms. The van der Waals surface area contributed by atoms with Crippen LogP contribution in [0.25, 0.3) is 11.0 Å². The first kappa shape index (κ1) is 12.9. The molecule has 1 aliphatic rings. The molecule has 0 bridgehead atoms. The highest BCUT2D eigenvalue weighted by Crippen LogP contribution is 2.24. The molecule has 0 radical (unpaired) electrons. The summed E-state index contributed by atoms with van der Waals surface area (Å²) in [6, 6.07) is 6.22. The normalized spacial score (nSPS) is 20.0. The molecule has 2 heterocycles. The van der Waals surface area contributed by atoms with Gasteiger partial charge in [0.2, 0.25) is 0 Å². The summed E-state index contributed by atoms with van der Waals surface area (Å²) in [5.41, 5.74) is 3.48. The highest BCUT2D eigenvalue weighted by atomic mass is 35.5. The molecule has 1 atom stereocenters. The molecule has 3 nitrogen and oxygen atoms in total. The van der Waals surface area contributed by atoms with Crippen LogP contribution in [0.2, 0.25) is 0 Å². The topological polar surface area (TPSA) is 27.1 Å². The smallest absolute Gasteiger partial charge is 0.124 e. The number of ether oxygens (including phenoxy) is 1. The number of hydrogen-bond donors (Lipinski definition) is 0. The number of rotatable bonds is 3. The monoisotopic (exact) mass is 278 g/mol. The summed E-state index contributed by atoms with van der Waals surface area (Å²) in [5, 5.41) is 0. The van der Waals surface area contributed by atoms with E-state index < -0.39 is 0 Å². The van der Waals surface area contributed by atoms with Crippen LogP contribution in [0.15, 0.2) is 18.2 Å². The van der Waals surface area contributed by atoms with Crippen molar-refractivity contribution < 1.29 is 4.74 Å². The summed E-state index contributed by atoms with van der Waals surface area (Å²) in [5.74, 6) is 1.39. The third-order valence-corrected chi connectivity index (χ3v) is 4.07. The van der Waals surface area contributed by atoms with Gasteiger partial charge in [0, 0.05) is 6.61 Å². The Morgan fingerprint density at radius 3 is 3.05 bits per heavy atom. The number of nitrogens with zero attached hydrogens (tertiary/aromatic N) is 2. The van der Waals surface area contributed by atoms with Gasteiger partial charge in [-0.15, -0.1) is 11.6 Å². The minimum absolute atomic E-state index is 0.299. The Hall–Kier alpha value is -1.06. The third-order valence-electron chi connectivity index (χ3n) is 3.83. The highest BCUT2D eigenvalue weighted by molar-refractivity contribution is 6.16. The van der Waals surface area contributed by atoms with Gasteiger partial charge in [-0.05, 0) is 37.8 Å². The molecule has 19 heavy (non-hydrogen) atoms. The molecule has 102 valence electrons. The van der Waals surface area contributed by atoms with Crippen LogP contribution in [0.3, 0.4) is 0 Å². The fraction of sp³-hybridized carbons (Fsp3) is 0.533. The van der Waals surface area contributed by atoms with Gasteiger partial charge in [-0.3, -0.25) is 0 Å². The van der Waals surface area contributed by atoms with Crippen molar-refractivity contribution >= 4 is 22.6 Å². The molecule has 0 spiro atoms. The molecule has 1 aromatic carbocycles. The van der Waals surface area contributed by atoms with E-state index in [-0.39, 0.29) is 0 Å². The number of hydrogen-bond acceptors (Lipinski definition) is 2. The Labute approximate surface area is 118 Å². The van der Waals surface area contributed by atoms with Crippen LogP contribution in [0, 0.1) is 6.92 Å². The van der Waals surface area contributed by atoms with E-state index in [1.807, 2.05) is 6.07 Å². The molecule has 1 unspecified atom stereocenters. The van der Waals surface area contributed by atoms with Crippen LogP contribution in [0.5, 0.6) is 0 Å². The number of aryl methyl sites for hydroxylation is 1. The maximum absolute atomic E-state index is 6.05. The predicted octanol–water partition coefficient (Wildman–Crippen LogP) is 3.65. The second-order valence-corrected chi connectivity index (χ2v) is 5.47. The largest absolute Gasteiger partial charge is 0.376 e. The fourth-order valence-corrected chi connectivity index (χ4v) is 3.07. The van der Waals surface area contributed by atoms with E-state index in [0.717, 1.165) is 30.9 Å². The van der Waals surface area contributed by atoms with Gasteiger partial charge >= 0.3 is 0 Å². The van der Waals surface area contributed by atoms with Crippen LogP contribution >= 0.6 is 11.6 Å². The van der Waals surface area contributed by atoms with Crippen molar-refractivity contribution in [1.82, 2.24) is 9.55 Å². The van der Waals surface area contributed by atoms with Gasteiger partial charge in [-0.2, -0.15) is 0 Å². The molecule has 2 aromatic rings. The van der Waals surface area contributed by atoms with Gasteiger partial charge < -0.3 is 9.30 Å². The molecule has 1 aromatic heterocycles. The maximum Gasteiger partial charge on any atom is 0.124 e. The SMILES string of the molecule is Cc1cccc2nc(CCl)n(CC3CCCCO3)c12. The number of alkyl halides is 1. The average Bonchev–Trinajstić information content (AvgIpc) is 2.79. The third kappa shape index (κ3) is 2.49. The minimum atomic E-state index is 0.299. The first-order valence-electron chi connectivity index (χ1n) is 6.92. The molecule has 0 saturated carbocycles. The first-order chi connectivity index (χ1) is 9.29. The van der Waals surface area contributed by atoms with Gasteiger partial charge in [0.1, 0.15) is 5.82 Å². The van der Waals surface area contributed by atoms with Crippen LogP contribution in [-0.2, 0) is 17.2 Å². The number of aromatic nitrogens is 2. The van der Waals surface area contributed by atoms with Crippen molar-refractivity contribution in [3.8, 4) is 0 Å². The maximum atomic E-state index is 6.05. The van der Waals surface area contributed by atoms with Crippen molar-refractivity contribution in [2.24, 2.45) is 0 Å². The molecule has 0 amide bonds. The molecule has 1 aliphatic heterocycles. The zero-order chi connectivity index (χ0) is 13.2. The summed E-state index contributed by atoms with van der Waals surface area (Å²) in [6.45, 7) is 3.87. The average molecular weight is 279 g/mol. The predicted molar refractivity (Wildman–Crippen MR) is 77.6 cm³/mol. The molecule has 1 fully saturated rings. The second-order valence-electron chi connectivity index (χ2n) is 5.20. The molecular weight excluding hydrogens is 260 g/mol. The van der Waals surface area contributed by atoms with Crippen molar-refractivity contribution in [1.29, 1.82) is 0 Å². The summed E-state index contributed by atoms with van der Waals surface area (Å²) in [4.78, 5) is 4.63. The molecule has 1 saturated heterocycles. The van der Waals surface area contributed by atoms with E-state index in [4.69, 9.17) is 16.3 Å². The van der Waals surface area contributed by atoms with E-state index >= 15 is 0 Å². The van der Waals surface area contributed by atoms with Crippen LogP contribution in [0.1, 0.15) is 30.7 Å².